The van der Waals surface area contributed by atoms with Crippen molar-refractivity contribution in [3.8, 4) is 5.88 Å². The number of amides is 2. The lowest BCUT2D eigenvalue weighted by atomic mass is 9.95. The zero-order chi connectivity index (χ0) is 15.1. The van der Waals surface area contributed by atoms with Gasteiger partial charge in [-0.15, -0.1) is 0 Å². The zero-order valence-corrected chi connectivity index (χ0v) is 12.2. The van der Waals surface area contributed by atoms with Crippen LogP contribution in [0.1, 0.15) is 42.5 Å². The number of hydrogen-bond donors (Lipinski definition) is 2. The Hall–Kier alpha value is -2.11. The van der Waals surface area contributed by atoms with E-state index < -0.39 is 0 Å². The van der Waals surface area contributed by atoms with E-state index in [1.54, 1.807) is 18.3 Å². The number of pyridine rings is 1. The van der Waals surface area contributed by atoms with Crippen molar-refractivity contribution in [3.63, 3.8) is 0 Å². The molecule has 1 heterocycles. The van der Waals surface area contributed by atoms with E-state index in [1.807, 2.05) is 0 Å². The van der Waals surface area contributed by atoms with Crippen molar-refractivity contribution in [2.24, 2.45) is 0 Å². The maximum absolute atomic E-state index is 12.0. The molecule has 6 heteroatoms. The van der Waals surface area contributed by atoms with E-state index in [0.717, 1.165) is 25.7 Å². The molecule has 0 saturated heterocycles. The van der Waals surface area contributed by atoms with Crippen LogP contribution in [0.3, 0.4) is 0 Å². The normalized spacial score (nSPS) is 15.3. The molecule has 0 atom stereocenters. The number of ether oxygens (including phenoxy) is 1. The first kappa shape index (κ1) is 15.3. The summed E-state index contributed by atoms with van der Waals surface area (Å²) in [5.74, 6) is -0.264. The highest BCUT2D eigenvalue weighted by Crippen LogP contribution is 2.17. The van der Waals surface area contributed by atoms with Crippen LogP contribution in [-0.2, 0) is 4.79 Å². The van der Waals surface area contributed by atoms with Gasteiger partial charge in [-0.3, -0.25) is 9.59 Å². The fraction of sp³-hybridized carbons (Fsp3) is 0.533. The topological polar surface area (TPSA) is 80.3 Å². The SMILES string of the molecule is COc1ncccc1C(=O)NCC(=O)NC1CCCCC1. The van der Waals surface area contributed by atoms with Gasteiger partial charge in [-0.05, 0) is 25.0 Å². The largest absolute Gasteiger partial charge is 0.480 e. The average Bonchev–Trinajstić information content (AvgIpc) is 2.53. The molecule has 1 aliphatic rings. The molecule has 0 aliphatic heterocycles. The zero-order valence-electron chi connectivity index (χ0n) is 12.2. The van der Waals surface area contributed by atoms with Gasteiger partial charge in [-0.25, -0.2) is 4.98 Å². The van der Waals surface area contributed by atoms with Gasteiger partial charge in [0, 0.05) is 12.2 Å². The smallest absolute Gasteiger partial charge is 0.257 e. The first-order chi connectivity index (χ1) is 10.2. The lowest BCUT2D eigenvalue weighted by molar-refractivity contribution is -0.121. The minimum atomic E-state index is -0.362. The molecular weight excluding hydrogens is 270 g/mol. The van der Waals surface area contributed by atoms with E-state index in [-0.39, 0.29) is 30.3 Å². The van der Waals surface area contributed by atoms with Gasteiger partial charge in [-0.1, -0.05) is 19.3 Å². The number of nitrogens with zero attached hydrogens (tertiary/aromatic N) is 1. The Bertz CT molecular complexity index is 499. The second-order valence-electron chi connectivity index (χ2n) is 5.15. The molecule has 0 radical (unpaired) electrons. The molecule has 114 valence electrons. The van der Waals surface area contributed by atoms with E-state index in [4.69, 9.17) is 4.74 Å². The number of hydrogen-bond acceptors (Lipinski definition) is 4. The minimum Gasteiger partial charge on any atom is -0.480 e. The van der Waals surface area contributed by atoms with E-state index in [9.17, 15) is 9.59 Å². The van der Waals surface area contributed by atoms with E-state index in [2.05, 4.69) is 15.6 Å². The van der Waals surface area contributed by atoms with Crippen LogP contribution in [0.25, 0.3) is 0 Å². The minimum absolute atomic E-state index is 0.0343. The predicted octanol–water partition coefficient (Wildman–Crippen LogP) is 1.27. The molecular formula is C15H21N3O3. The molecule has 0 spiro atoms. The number of aromatic nitrogens is 1. The van der Waals surface area contributed by atoms with E-state index in [1.165, 1.54) is 13.5 Å². The Balaban J connectivity index is 1.81. The Morgan fingerprint density at radius 3 is 2.81 bits per heavy atom. The van der Waals surface area contributed by atoms with Crippen LogP contribution in [0.15, 0.2) is 18.3 Å². The Morgan fingerprint density at radius 2 is 2.10 bits per heavy atom. The van der Waals surface area contributed by atoms with Crippen molar-refractivity contribution in [2.45, 2.75) is 38.1 Å². The summed E-state index contributed by atoms with van der Waals surface area (Å²) >= 11 is 0. The summed E-state index contributed by atoms with van der Waals surface area (Å²) in [5, 5.41) is 5.55. The number of rotatable bonds is 5. The van der Waals surface area contributed by atoms with Crippen molar-refractivity contribution in [1.82, 2.24) is 15.6 Å². The molecule has 0 aromatic carbocycles. The summed E-state index contributed by atoms with van der Waals surface area (Å²) in [5.41, 5.74) is 0.325. The number of carbonyl (C=O) groups excluding carboxylic acids is 2. The van der Waals surface area contributed by atoms with Crippen LogP contribution in [0.4, 0.5) is 0 Å². The molecule has 1 aliphatic carbocycles. The number of carbonyl (C=O) groups is 2. The van der Waals surface area contributed by atoms with E-state index in [0.29, 0.717) is 5.56 Å². The molecule has 1 aromatic heterocycles. The van der Waals surface area contributed by atoms with E-state index >= 15 is 0 Å². The Morgan fingerprint density at radius 1 is 1.33 bits per heavy atom. The second kappa shape index (κ2) is 7.61. The summed E-state index contributed by atoms with van der Waals surface area (Å²) in [6.45, 7) is -0.0343. The summed E-state index contributed by atoms with van der Waals surface area (Å²) < 4.78 is 5.02. The van der Waals surface area contributed by atoms with Gasteiger partial charge in [0.1, 0.15) is 5.56 Å². The van der Waals surface area contributed by atoms with Crippen LogP contribution < -0.4 is 15.4 Å². The van der Waals surface area contributed by atoms with Crippen molar-refractivity contribution in [3.05, 3.63) is 23.9 Å². The van der Waals surface area contributed by atoms with Crippen LogP contribution in [0.5, 0.6) is 5.88 Å². The molecule has 0 unspecified atom stereocenters. The van der Waals surface area contributed by atoms with Crippen molar-refractivity contribution >= 4 is 11.8 Å². The van der Waals surface area contributed by atoms with Gasteiger partial charge < -0.3 is 15.4 Å². The summed E-state index contributed by atoms with van der Waals surface area (Å²) in [6.07, 6.45) is 7.15. The van der Waals surface area contributed by atoms with Gasteiger partial charge >= 0.3 is 0 Å². The van der Waals surface area contributed by atoms with Crippen LogP contribution in [0.2, 0.25) is 0 Å². The van der Waals surface area contributed by atoms with Gasteiger partial charge in [0.15, 0.2) is 0 Å². The maximum atomic E-state index is 12.0. The number of methoxy groups -OCH3 is 1. The quantitative estimate of drug-likeness (QED) is 0.856. The molecule has 6 nitrogen and oxygen atoms in total. The monoisotopic (exact) mass is 291 g/mol. The molecule has 1 fully saturated rings. The Kier molecular flexibility index (Phi) is 5.54. The van der Waals surface area contributed by atoms with Crippen molar-refractivity contribution in [2.75, 3.05) is 13.7 Å². The summed E-state index contributed by atoms with van der Waals surface area (Å²) in [7, 11) is 1.45. The van der Waals surface area contributed by atoms with Gasteiger partial charge in [0.05, 0.1) is 13.7 Å². The van der Waals surface area contributed by atoms with Gasteiger partial charge in [-0.2, -0.15) is 0 Å². The lowest BCUT2D eigenvalue weighted by Crippen LogP contribution is -2.42. The summed E-state index contributed by atoms with van der Waals surface area (Å²) in [6, 6.07) is 3.51. The maximum Gasteiger partial charge on any atom is 0.257 e. The standard InChI is InChI=1S/C15H21N3O3/c1-21-15-12(8-5-9-16-15)14(20)17-10-13(19)18-11-6-3-2-4-7-11/h5,8-9,11H,2-4,6-7,10H2,1H3,(H,17,20)(H,18,19). The molecule has 2 amide bonds. The molecule has 2 N–H and O–H groups in total. The second-order valence-corrected chi connectivity index (χ2v) is 5.15. The highest BCUT2D eigenvalue weighted by molar-refractivity contribution is 5.98. The highest BCUT2D eigenvalue weighted by atomic mass is 16.5. The molecule has 1 aromatic rings. The third-order valence-electron chi connectivity index (χ3n) is 3.59. The third-order valence-corrected chi connectivity index (χ3v) is 3.59. The molecule has 1 saturated carbocycles. The summed E-state index contributed by atoms with van der Waals surface area (Å²) in [4.78, 5) is 27.8. The fourth-order valence-electron chi connectivity index (χ4n) is 2.51. The van der Waals surface area contributed by atoms with Gasteiger partial charge in [0.2, 0.25) is 11.8 Å². The predicted molar refractivity (Wildman–Crippen MR) is 78.1 cm³/mol. The van der Waals surface area contributed by atoms with Gasteiger partial charge in [0.25, 0.3) is 5.91 Å². The van der Waals surface area contributed by atoms with Crippen molar-refractivity contribution < 1.29 is 14.3 Å². The van der Waals surface area contributed by atoms with Crippen LogP contribution in [-0.4, -0.2) is 36.5 Å². The average molecular weight is 291 g/mol. The lowest BCUT2D eigenvalue weighted by Gasteiger charge is -2.22. The third kappa shape index (κ3) is 4.44. The van der Waals surface area contributed by atoms with Crippen molar-refractivity contribution in [1.29, 1.82) is 0 Å². The number of nitrogens with one attached hydrogen (secondary N) is 2. The first-order valence-electron chi connectivity index (χ1n) is 7.27. The molecule has 21 heavy (non-hydrogen) atoms. The highest BCUT2D eigenvalue weighted by Gasteiger charge is 2.17. The van der Waals surface area contributed by atoms with Crippen LogP contribution in [0, 0.1) is 0 Å². The fourth-order valence-corrected chi connectivity index (χ4v) is 2.51. The molecule has 2 rings (SSSR count). The van der Waals surface area contributed by atoms with Crippen LogP contribution >= 0.6 is 0 Å². The molecule has 0 bridgehead atoms. The Labute approximate surface area is 124 Å². The first-order valence-corrected chi connectivity index (χ1v) is 7.27.